The van der Waals surface area contributed by atoms with E-state index in [1.54, 1.807) is 30.3 Å². The first-order chi connectivity index (χ1) is 12.6. The normalized spacial score (nSPS) is 12.3. The Hall–Kier alpha value is -2.13. The van der Waals surface area contributed by atoms with Gasteiger partial charge in [0.2, 0.25) is 15.9 Å². The maximum atomic E-state index is 14.0. The van der Waals surface area contributed by atoms with Gasteiger partial charge in [0.1, 0.15) is 17.6 Å². The number of rotatable bonds is 7. The van der Waals surface area contributed by atoms with Crippen LogP contribution in [0, 0.1) is 5.82 Å². The van der Waals surface area contributed by atoms with Gasteiger partial charge < -0.3 is 10.1 Å². The second-order valence-corrected chi connectivity index (χ2v) is 8.55. The van der Waals surface area contributed by atoms with E-state index in [1.165, 1.54) is 19.1 Å². The van der Waals surface area contributed by atoms with Crippen LogP contribution in [0.4, 0.5) is 15.8 Å². The van der Waals surface area contributed by atoms with Crippen LogP contribution in [-0.2, 0) is 14.8 Å². The third-order valence-electron chi connectivity index (χ3n) is 3.68. The Bertz CT molecular complexity index is 919. The lowest BCUT2D eigenvalue weighted by molar-refractivity contribution is -0.116. The number of sulfonamides is 1. The number of nitrogens with one attached hydrogen (secondary N) is 1. The molecule has 0 spiro atoms. The van der Waals surface area contributed by atoms with Gasteiger partial charge in [0.15, 0.2) is 0 Å². The van der Waals surface area contributed by atoms with Crippen LogP contribution in [0.5, 0.6) is 5.75 Å². The van der Waals surface area contributed by atoms with Crippen molar-refractivity contribution in [3.63, 3.8) is 0 Å². The predicted octanol–water partition coefficient (Wildman–Crippen LogP) is 3.78. The van der Waals surface area contributed by atoms with E-state index in [-0.39, 0.29) is 5.69 Å². The molecule has 0 bridgehead atoms. The molecule has 1 amide bonds. The summed E-state index contributed by atoms with van der Waals surface area (Å²) < 4.78 is 45.4. The molecule has 146 valence electrons. The van der Waals surface area contributed by atoms with E-state index in [9.17, 15) is 17.6 Å². The molecular formula is C18H20BrFN2O4S. The van der Waals surface area contributed by atoms with Crippen LogP contribution in [0.3, 0.4) is 0 Å². The number of carbonyl (C=O) groups is 1. The first-order valence-electron chi connectivity index (χ1n) is 8.11. The lowest BCUT2D eigenvalue weighted by Crippen LogP contribution is -2.45. The van der Waals surface area contributed by atoms with E-state index >= 15 is 0 Å². The second-order valence-electron chi connectivity index (χ2n) is 5.78. The predicted molar refractivity (Wildman–Crippen MR) is 107 cm³/mol. The molecule has 0 saturated heterocycles. The van der Waals surface area contributed by atoms with Crippen LogP contribution in [-0.4, -0.2) is 33.2 Å². The Labute approximate surface area is 166 Å². The van der Waals surface area contributed by atoms with Gasteiger partial charge in [0, 0.05) is 4.47 Å². The molecule has 27 heavy (non-hydrogen) atoms. The van der Waals surface area contributed by atoms with E-state index < -0.39 is 27.8 Å². The minimum absolute atomic E-state index is 0.0322. The summed E-state index contributed by atoms with van der Waals surface area (Å²) in [5, 5.41) is 2.43. The number of amides is 1. The zero-order valence-corrected chi connectivity index (χ0v) is 17.5. The molecule has 0 aromatic heterocycles. The van der Waals surface area contributed by atoms with Crippen molar-refractivity contribution in [2.24, 2.45) is 0 Å². The SMILES string of the molecule is CCOc1ccc(N([C@@H](C)C(=O)Nc2ccc(Br)cc2F)S(C)(=O)=O)cc1. The Balaban J connectivity index is 2.28. The lowest BCUT2D eigenvalue weighted by atomic mass is 10.2. The van der Waals surface area contributed by atoms with Crippen LogP contribution < -0.4 is 14.4 Å². The zero-order valence-electron chi connectivity index (χ0n) is 15.1. The quantitative estimate of drug-likeness (QED) is 0.684. The molecule has 0 aliphatic carbocycles. The number of ether oxygens (including phenoxy) is 1. The van der Waals surface area contributed by atoms with Crippen molar-refractivity contribution in [1.29, 1.82) is 0 Å². The third kappa shape index (κ3) is 5.43. The molecule has 0 aliphatic heterocycles. The number of benzene rings is 2. The number of halogens is 2. The van der Waals surface area contributed by atoms with Gasteiger partial charge in [-0.05, 0) is 56.3 Å². The molecule has 2 aromatic rings. The Kier molecular flexibility index (Phi) is 6.83. The van der Waals surface area contributed by atoms with E-state index in [4.69, 9.17) is 4.74 Å². The smallest absolute Gasteiger partial charge is 0.248 e. The fraction of sp³-hybridized carbons (Fsp3) is 0.278. The van der Waals surface area contributed by atoms with Gasteiger partial charge in [-0.3, -0.25) is 9.10 Å². The van der Waals surface area contributed by atoms with Gasteiger partial charge in [-0.2, -0.15) is 0 Å². The number of anilines is 2. The molecule has 1 N–H and O–H groups in total. The molecule has 2 rings (SSSR count). The summed E-state index contributed by atoms with van der Waals surface area (Å²) in [4.78, 5) is 12.6. The number of carbonyl (C=O) groups excluding carboxylic acids is 1. The number of hydrogen-bond donors (Lipinski definition) is 1. The minimum Gasteiger partial charge on any atom is -0.494 e. The maximum Gasteiger partial charge on any atom is 0.248 e. The highest BCUT2D eigenvalue weighted by Gasteiger charge is 2.29. The van der Waals surface area contributed by atoms with Crippen molar-refractivity contribution in [2.45, 2.75) is 19.9 Å². The largest absolute Gasteiger partial charge is 0.494 e. The minimum atomic E-state index is -3.77. The van der Waals surface area contributed by atoms with Crippen LogP contribution in [0.15, 0.2) is 46.9 Å². The highest BCUT2D eigenvalue weighted by Crippen LogP contribution is 2.25. The number of hydrogen-bond acceptors (Lipinski definition) is 4. The summed E-state index contributed by atoms with van der Waals surface area (Å²) in [5.41, 5.74) is 0.273. The lowest BCUT2D eigenvalue weighted by Gasteiger charge is -2.28. The van der Waals surface area contributed by atoms with Crippen molar-refractivity contribution in [3.05, 3.63) is 52.8 Å². The standard InChI is InChI=1S/C18H20BrFN2O4S/c1-4-26-15-8-6-14(7-9-15)22(27(3,24)25)12(2)18(23)21-17-10-5-13(19)11-16(17)20/h5-12H,4H2,1-3H3,(H,21,23)/t12-/m0/s1. The van der Waals surface area contributed by atoms with E-state index in [0.717, 1.165) is 10.6 Å². The van der Waals surface area contributed by atoms with Crippen LogP contribution >= 0.6 is 15.9 Å². The summed E-state index contributed by atoms with van der Waals surface area (Å²) >= 11 is 3.14. The van der Waals surface area contributed by atoms with E-state index in [2.05, 4.69) is 21.2 Å². The summed E-state index contributed by atoms with van der Waals surface area (Å²) in [7, 11) is -3.77. The summed E-state index contributed by atoms with van der Waals surface area (Å²) in [6.45, 7) is 3.75. The zero-order chi connectivity index (χ0) is 20.2. The second kappa shape index (κ2) is 8.71. The van der Waals surface area contributed by atoms with Crippen molar-refractivity contribution in [2.75, 3.05) is 22.5 Å². The van der Waals surface area contributed by atoms with Gasteiger partial charge in [-0.1, -0.05) is 15.9 Å². The van der Waals surface area contributed by atoms with Gasteiger partial charge >= 0.3 is 0 Å². The highest BCUT2D eigenvalue weighted by molar-refractivity contribution is 9.10. The number of nitrogens with zero attached hydrogens (tertiary/aromatic N) is 1. The fourth-order valence-corrected chi connectivity index (χ4v) is 4.00. The summed E-state index contributed by atoms with van der Waals surface area (Å²) in [6.07, 6.45) is 1.01. The molecule has 0 aliphatic rings. The molecule has 0 radical (unpaired) electrons. The molecule has 0 unspecified atom stereocenters. The molecule has 2 aromatic carbocycles. The fourth-order valence-electron chi connectivity index (χ4n) is 2.49. The van der Waals surface area contributed by atoms with Crippen LogP contribution in [0.1, 0.15) is 13.8 Å². The molecule has 0 heterocycles. The third-order valence-corrected chi connectivity index (χ3v) is 5.41. The van der Waals surface area contributed by atoms with Gasteiger partial charge in [-0.15, -0.1) is 0 Å². The summed E-state index contributed by atoms with van der Waals surface area (Å²) in [6, 6.07) is 9.43. The molecule has 9 heteroatoms. The first-order valence-corrected chi connectivity index (χ1v) is 10.8. The van der Waals surface area contributed by atoms with Crippen molar-refractivity contribution < 1.29 is 22.3 Å². The topological polar surface area (TPSA) is 75.7 Å². The van der Waals surface area contributed by atoms with Crippen LogP contribution in [0.2, 0.25) is 0 Å². The average molecular weight is 459 g/mol. The van der Waals surface area contributed by atoms with E-state index in [0.29, 0.717) is 22.5 Å². The molecule has 0 saturated carbocycles. The molecule has 6 nitrogen and oxygen atoms in total. The van der Waals surface area contributed by atoms with Crippen LogP contribution in [0.25, 0.3) is 0 Å². The highest BCUT2D eigenvalue weighted by atomic mass is 79.9. The maximum absolute atomic E-state index is 14.0. The van der Waals surface area contributed by atoms with Gasteiger partial charge in [-0.25, -0.2) is 12.8 Å². The van der Waals surface area contributed by atoms with E-state index in [1.807, 2.05) is 6.92 Å². The Morgan fingerprint density at radius 1 is 1.26 bits per heavy atom. The Morgan fingerprint density at radius 2 is 1.89 bits per heavy atom. The van der Waals surface area contributed by atoms with Crippen molar-refractivity contribution in [3.8, 4) is 5.75 Å². The Morgan fingerprint density at radius 3 is 2.41 bits per heavy atom. The van der Waals surface area contributed by atoms with Gasteiger partial charge in [0.05, 0.1) is 24.2 Å². The average Bonchev–Trinajstić information content (AvgIpc) is 2.58. The monoisotopic (exact) mass is 458 g/mol. The van der Waals surface area contributed by atoms with Crippen molar-refractivity contribution in [1.82, 2.24) is 0 Å². The molecule has 0 fully saturated rings. The first kappa shape index (κ1) is 21.2. The van der Waals surface area contributed by atoms with Crippen molar-refractivity contribution >= 4 is 43.2 Å². The summed E-state index contributed by atoms with van der Waals surface area (Å²) in [5.74, 6) is -0.698. The molecular weight excluding hydrogens is 439 g/mol. The van der Waals surface area contributed by atoms with Gasteiger partial charge in [0.25, 0.3) is 0 Å². The molecule has 1 atom stereocenters.